The quantitative estimate of drug-likeness (QED) is 0.551. The second kappa shape index (κ2) is 9.17. The summed E-state index contributed by atoms with van der Waals surface area (Å²) in [6, 6.07) is 8.12. The lowest BCUT2D eigenvalue weighted by Crippen LogP contribution is -2.54. The molecule has 1 aromatic rings. The van der Waals surface area contributed by atoms with Crippen molar-refractivity contribution in [1.82, 2.24) is 0 Å². The molecule has 2 saturated carbocycles. The van der Waals surface area contributed by atoms with Gasteiger partial charge in [-0.3, -0.25) is 4.79 Å². The van der Waals surface area contributed by atoms with E-state index in [0.717, 1.165) is 77.3 Å². The van der Waals surface area contributed by atoms with E-state index in [1.165, 1.54) is 16.7 Å². The number of rotatable bonds is 5. The van der Waals surface area contributed by atoms with Crippen molar-refractivity contribution < 1.29 is 24.1 Å². The molecule has 3 fully saturated rings. The number of allylic oxidation sites excluding steroid dienone is 2. The van der Waals surface area contributed by atoms with E-state index in [0.29, 0.717) is 24.0 Å². The molecule has 5 heteroatoms. The van der Waals surface area contributed by atoms with Crippen LogP contribution in [0.2, 0.25) is 0 Å². The summed E-state index contributed by atoms with van der Waals surface area (Å²) in [7, 11) is 0. The number of fused-ring (bicyclic) bond motifs is 4. The van der Waals surface area contributed by atoms with Crippen LogP contribution in [0, 0.1) is 17.3 Å². The van der Waals surface area contributed by atoms with E-state index in [1.54, 1.807) is 5.57 Å². The summed E-state index contributed by atoms with van der Waals surface area (Å²) in [4.78, 5) is 11.3. The zero-order chi connectivity index (χ0) is 24.0. The van der Waals surface area contributed by atoms with Gasteiger partial charge in [0.2, 0.25) is 0 Å². The van der Waals surface area contributed by atoms with Crippen molar-refractivity contribution in [3.05, 3.63) is 58.4 Å². The predicted molar refractivity (Wildman–Crippen MR) is 133 cm³/mol. The summed E-state index contributed by atoms with van der Waals surface area (Å²) >= 11 is 0. The monoisotopic (exact) mass is 478 g/mol. The van der Waals surface area contributed by atoms with Crippen molar-refractivity contribution in [2.45, 2.75) is 82.5 Å². The van der Waals surface area contributed by atoms with Gasteiger partial charge in [0.05, 0.1) is 25.1 Å². The molecule has 0 radical (unpaired) electrons. The number of hydrogen-bond donors (Lipinski definition) is 1. The number of ether oxygens (including phenoxy) is 3. The Morgan fingerprint density at radius 1 is 1.11 bits per heavy atom. The lowest BCUT2D eigenvalue weighted by molar-refractivity contribution is -0.213. The summed E-state index contributed by atoms with van der Waals surface area (Å²) in [5, 5.41) is 12.2. The molecule has 35 heavy (non-hydrogen) atoms. The van der Waals surface area contributed by atoms with Gasteiger partial charge < -0.3 is 19.3 Å². The zero-order valence-corrected chi connectivity index (χ0v) is 20.8. The first-order valence-electron chi connectivity index (χ1n) is 13.6. The summed E-state index contributed by atoms with van der Waals surface area (Å²) in [5.74, 6) is 1.14. The molecule has 5 aliphatic rings. The minimum Gasteiger partial charge on any atom is -0.501 e. The van der Waals surface area contributed by atoms with Gasteiger partial charge >= 0.3 is 0 Å². The Bertz CT molecular complexity index is 1020. The summed E-state index contributed by atoms with van der Waals surface area (Å²) < 4.78 is 17.8. The van der Waals surface area contributed by atoms with E-state index in [4.69, 9.17) is 14.2 Å². The highest BCUT2D eigenvalue weighted by molar-refractivity contribution is 5.74. The minimum atomic E-state index is -0.860. The lowest BCUT2D eigenvalue weighted by Gasteiger charge is -2.54. The van der Waals surface area contributed by atoms with Crippen LogP contribution < -0.4 is 0 Å². The van der Waals surface area contributed by atoms with Crippen LogP contribution >= 0.6 is 0 Å². The summed E-state index contributed by atoms with van der Waals surface area (Å²) in [5.41, 5.74) is 5.30. The van der Waals surface area contributed by atoms with Gasteiger partial charge in [0, 0.05) is 29.9 Å². The molecule has 1 saturated heterocycles. The van der Waals surface area contributed by atoms with E-state index in [-0.39, 0.29) is 17.6 Å². The molecule has 6 atom stereocenters. The van der Waals surface area contributed by atoms with Crippen LogP contribution in [-0.2, 0) is 14.2 Å². The third kappa shape index (κ3) is 3.91. The molecule has 3 aliphatic carbocycles. The smallest absolute Gasteiger partial charge is 0.157 e. The van der Waals surface area contributed by atoms with Gasteiger partial charge in [-0.1, -0.05) is 36.8 Å². The normalized spacial score (nSPS) is 38.6. The first kappa shape index (κ1) is 23.4. The lowest BCUT2D eigenvalue weighted by atomic mass is 9.51. The van der Waals surface area contributed by atoms with Gasteiger partial charge in [0.1, 0.15) is 6.29 Å². The maximum Gasteiger partial charge on any atom is 0.157 e. The Kier molecular flexibility index (Phi) is 6.14. The Balaban J connectivity index is 1.37. The Morgan fingerprint density at radius 3 is 2.74 bits per heavy atom. The summed E-state index contributed by atoms with van der Waals surface area (Å²) in [6.45, 7) is 4.16. The number of benzene rings is 1. The molecular formula is C30H38O5. The van der Waals surface area contributed by atoms with Crippen LogP contribution in [0.15, 0.2) is 47.2 Å². The molecule has 1 aromatic carbocycles. The average Bonchev–Trinajstić information content (AvgIpc) is 3.18. The Labute approximate surface area is 208 Å². The molecule has 0 bridgehead atoms. The van der Waals surface area contributed by atoms with Crippen molar-refractivity contribution >= 4 is 6.29 Å². The van der Waals surface area contributed by atoms with E-state index >= 15 is 0 Å². The predicted octanol–water partition coefficient (Wildman–Crippen LogP) is 5.69. The Hall–Kier alpha value is -1.95. The fraction of sp³-hybridized carbons (Fsp3) is 0.633. The van der Waals surface area contributed by atoms with Crippen LogP contribution in [0.25, 0.3) is 0 Å². The number of aldehydes is 1. The van der Waals surface area contributed by atoms with Crippen molar-refractivity contribution in [3.8, 4) is 0 Å². The standard InChI is InChI=1S/C30H38O5/c1-29-16-25(21-7-5-20(17-31)6-8-21)28-23-12-15-33-18-22(23)9-10-24(28)26(29)11-13-30(29,32)19-35-27-4-2-3-14-34-27/h5-8,17-18,24-27,32H,2-4,9-16,19H2,1H3/t24?,25-,26?,27?,29+,30-/m1/s1. The molecule has 1 N–H and O–H groups in total. The number of aliphatic hydroxyl groups is 1. The van der Waals surface area contributed by atoms with Gasteiger partial charge in [-0.2, -0.15) is 0 Å². The number of carbonyl (C=O) groups excluding carboxylic acids is 1. The number of hydrogen-bond acceptors (Lipinski definition) is 5. The maximum atomic E-state index is 12.2. The largest absolute Gasteiger partial charge is 0.501 e. The fourth-order valence-electron chi connectivity index (χ4n) is 7.95. The highest BCUT2D eigenvalue weighted by atomic mass is 16.7. The highest BCUT2D eigenvalue weighted by Crippen LogP contribution is 2.66. The fourth-order valence-corrected chi connectivity index (χ4v) is 7.95. The SMILES string of the molecule is C[C@]12C[C@H](c3ccc(C=O)cc3)C3=C4CCOC=C4CCC3C1CC[C@@]2(O)COC1CCCCO1. The first-order chi connectivity index (χ1) is 17.0. The van der Waals surface area contributed by atoms with Crippen molar-refractivity contribution in [3.63, 3.8) is 0 Å². The zero-order valence-electron chi connectivity index (χ0n) is 20.8. The first-order valence-corrected chi connectivity index (χ1v) is 13.6. The van der Waals surface area contributed by atoms with Crippen LogP contribution in [-0.4, -0.2) is 43.1 Å². The second-order valence-corrected chi connectivity index (χ2v) is 11.6. The molecule has 2 aliphatic heterocycles. The van der Waals surface area contributed by atoms with Crippen molar-refractivity contribution in [2.24, 2.45) is 17.3 Å². The molecule has 3 unspecified atom stereocenters. The van der Waals surface area contributed by atoms with E-state index < -0.39 is 5.60 Å². The average molecular weight is 479 g/mol. The van der Waals surface area contributed by atoms with Gasteiger partial charge in [0.15, 0.2) is 6.29 Å². The molecule has 2 heterocycles. The molecule has 6 rings (SSSR count). The topological polar surface area (TPSA) is 65.0 Å². The Morgan fingerprint density at radius 2 is 1.97 bits per heavy atom. The van der Waals surface area contributed by atoms with E-state index in [9.17, 15) is 9.90 Å². The maximum absolute atomic E-state index is 12.2. The van der Waals surface area contributed by atoms with E-state index in [1.807, 2.05) is 18.4 Å². The highest BCUT2D eigenvalue weighted by Gasteiger charge is 2.63. The molecule has 188 valence electrons. The van der Waals surface area contributed by atoms with Crippen LogP contribution in [0.1, 0.15) is 86.6 Å². The van der Waals surface area contributed by atoms with Crippen LogP contribution in [0.3, 0.4) is 0 Å². The van der Waals surface area contributed by atoms with Crippen LogP contribution in [0.4, 0.5) is 0 Å². The molecule has 0 spiro atoms. The molecule has 0 aromatic heterocycles. The van der Waals surface area contributed by atoms with Gasteiger partial charge in [-0.25, -0.2) is 0 Å². The molecular weight excluding hydrogens is 440 g/mol. The van der Waals surface area contributed by atoms with Crippen molar-refractivity contribution in [1.29, 1.82) is 0 Å². The molecule has 0 amide bonds. The third-order valence-corrected chi connectivity index (χ3v) is 9.92. The van der Waals surface area contributed by atoms with Gasteiger partial charge in [-0.15, -0.1) is 0 Å². The van der Waals surface area contributed by atoms with Gasteiger partial charge in [0.25, 0.3) is 0 Å². The van der Waals surface area contributed by atoms with Crippen LogP contribution in [0.5, 0.6) is 0 Å². The minimum absolute atomic E-state index is 0.187. The van der Waals surface area contributed by atoms with Crippen molar-refractivity contribution in [2.75, 3.05) is 19.8 Å². The number of carbonyl (C=O) groups is 1. The van der Waals surface area contributed by atoms with Gasteiger partial charge in [-0.05, 0) is 79.9 Å². The summed E-state index contributed by atoms with van der Waals surface area (Å²) in [6.07, 6.45) is 11.7. The third-order valence-electron chi connectivity index (χ3n) is 9.92. The second-order valence-electron chi connectivity index (χ2n) is 11.6. The van der Waals surface area contributed by atoms with E-state index in [2.05, 4.69) is 19.1 Å². The molecule has 5 nitrogen and oxygen atoms in total.